The molecule has 2 atom stereocenters. The van der Waals surface area contributed by atoms with E-state index in [0.717, 1.165) is 0 Å². The highest BCUT2D eigenvalue weighted by molar-refractivity contribution is 5.92. The maximum absolute atomic E-state index is 11.9. The van der Waals surface area contributed by atoms with Crippen molar-refractivity contribution in [1.29, 1.82) is 0 Å². The number of carboxylic acids is 1. The molecule has 0 radical (unpaired) electrons. The third-order valence-corrected chi connectivity index (χ3v) is 2.79. The first kappa shape index (κ1) is 20.8. The Morgan fingerprint density at radius 3 is 2.09 bits per heavy atom. The molecule has 0 aliphatic heterocycles. The largest absolute Gasteiger partial charge is 0.480 e. The van der Waals surface area contributed by atoms with Gasteiger partial charge in [0.25, 0.3) is 0 Å². The number of carboxylic acid groups (broad SMARTS) is 1. The van der Waals surface area contributed by atoms with E-state index in [2.05, 4.69) is 16.0 Å². The number of nitrogens with one attached hydrogen (secondary N) is 3. The fourth-order valence-corrected chi connectivity index (χ4v) is 1.66. The van der Waals surface area contributed by atoms with Crippen LogP contribution >= 0.6 is 0 Å². The van der Waals surface area contributed by atoms with Crippen molar-refractivity contribution in [3.8, 4) is 0 Å². The average molecular weight is 332 g/mol. The molecular weight excluding hydrogens is 308 g/mol. The first-order chi connectivity index (χ1) is 10.7. The molecule has 0 aliphatic carbocycles. The Bertz CT molecular complexity index is 440. The minimum Gasteiger partial charge on any atom is -0.480 e. The van der Waals surface area contributed by atoms with Crippen molar-refractivity contribution in [1.82, 2.24) is 16.0 Å². The van der Waals surface area contributed by atoms with Crippen molar-refractivity contribution >= 4 is 23.7 Å². The van der Waals surface area contributed by atoms with Crippen LogP contribution in [0, 0.1) is 5.92 Å². The van der Waals surface area contributed by atoms with Crippen molar-refractivity contribution in [2.24, 2.45) is 11.7 Å². The van der Waals surface area contributed by atoms with Crippen LogP contribution in [0.15, 0.2) is 0 Å². The molecule has 10 heteroatoms. The van der Waals surface area contributed by atoms with Crippen LogP contribution in [0.4, 0.5) is 0 Å². The molecule has 2 unspecified atom stereocenters. The lowest BCUT2D eigenvalue weighted by atomic mass is 10.0. The molecule has 7 N–H and O–H groups in total. The van der Waals surface area contributed by atoms with Gasteiger partial charge in [0.1, 0.15) is 12.1 Å². The topological polar surface area (TPSA) is 171 Å². The third-order valence-electron chi connectivity index (χ3n) is 2.79. The number of amides is 3. The number of hydrogen-bond acceptors (Lipinski definition) is 6. The number of aliphatic hydroxyl groups excluding tert-OH is 1. The highest BCUT2D eigenvalue weighted by atomic mass is 16.4. The molecule has 0 aromatic rings. The standard InChI is InChI=1S/C13H24N4O6/c1-7(2)3-8(13(22)23)17-12(21)9(6-18)16-11(20)5-15-10(19)4-14/h7-9,18H,3-6,14H2,1-2H3,(H,15,19)(H,16,20)(H,17,21)(H,22,23). The van der Waals surface area contributed by atoms with Crippen LogP contribution in [0.25, 0.3) is 0 Å². The Balaban J connectivity index is 4.57. The van der Waals surface area contributed by atoms with E-state index in [9.17, 15) is 24.3 Å². The van der Waals surface area contributed by atoms with Gasteiger partial charge in [-0.25, -0.2) is 4.79 Å². The Morgan fingerprint density at radius 1 is 1.04 bits per heavy atom. The van der Waals surface area contributed by atoms with Crippen LogP contribution in [0.5, 0.6) is 0 Å². The maximum Gasteiger partial charge on any atom is 0.326 e. The quantitative estimate of drug-likeness (QED) is 0.250. The van der Waals surface area contributed by atoms with Crippen LogP contribution in [-0.4, -0.2) is 65.7 Å². The Hall–Kier alpha value is -2.20. The van der Waals surface area contributed by atoms with Crippen LogP contribution in [0.1, 0.15) is 20.3 Å². The lowest BCUT2D eigenvalue weighted by Gasteiger charge is -2.21. The predicted octanol–water partition coefficient (Wildman–Crippen LogP) is -2.85. The molecule has 0 saturated heterocycles. The average Bonchev–Trinajstić information content (AvgIpc) is 2.48. The van der Waals surface area contributed by atoms with E-state index < -0.39 is 48.9 Å². The Labute approximate surface area is 133 Å². The highest BCUT2D eigenvalue weighted by Gasteiger charge is 2.26. The number of nitrogens with two attached hydrogens (primary N) is 1. The molecular formula is C13H24N4O6. The summed E-state index contributed by atoms with van der Waals surface area (Å²) in [5.74, 6) is -3.25. The lowest BCUT2D eigenvalue weighted by molar-refractivity contribution is -0.143. The summed E-state index contributed by atoms with van der Waals surface area (Å²) in [4.78, 5) is 45.5. The van der Waals surface area contributed by atoms with E-state index in [1.807, 2.05) is 0 Å². The van der Waals surface area contributed by atoms with E-state index in [-0.39, 0.29) is 18.9 Å². The number of hydrogen-bond donors (Lipinski definition) is 6. The maximum atomic E-state index is 11.9. The van der Waals surface area contributed by atoms with Gasteiger partial charge in [-0.15, -0.1) is 0 Å². The summed E-state index contributed by atoms with van der Waals surface area (Å²) in [6.07, 6.45) is 0.208. The number of aliphatic carboxylic acids is 1. The van der Waals surface area contributed by atoms with Crippen molar-refractivity contribution in [2.75, 3.05) is 19.7 Å². The summed E-state index contributed by atoms with van der Waals surface area (Å²) in [6, 6.07) is -2.43. The zero-order chi connectivity index (χ0) is 18.0. The summed E-state index contributed by atoms with van der Waals surface area (Å²) in [7, 11) is 0. The fraction of sp³-hybridized carbons (Fsp3) is 0.692. The smallest absolute Gasteiger partial charge is 0.326 e. The van der Waals surface area contributed by atoms with Gasteiger partial charge in [-0.1, -0.05) is 13.8 Å². The molecule has 0 bridgehead atoms. The van der Waals surface area contributed by atoms with Crippen LogP contribution < -0.4 is 21.7 Å². The van der Waals surface area contributed by atoms with Gasteiger partial charge >= 0.3 is 5.97 Å². The van der Waals surface area contributed by atoms with E-state index >= 15 is 0 Å². The van der Waals surface area contributed by atoms with E-state index in [0.29, 0.717) is 0 Å². The van der Waals surface area contributed by atoms with E-state index in [1.165, 1.54) is 0 Å². The highest BCUT2D eigenvalue weighted by Crippen LogP contribution is 2.05. The molecule has 0 rings (SSSR count). The number of carbonyl (C=O) groups excluding carboxylic acids is 3. The molecule has 0 aromatic heterocycles. The molecule has 0 aromatic carbocycles. The second-order valence-corrected chi connectivity index (χ2v) is 5.31. The minimum atomic E-state index is -1.31. The molecule has 132 valence electrons. The normalized spacial score (nSPS) is 13.1. The molecule has 0 fully saturated rings. The summed E-state index contributed by atoms with van der Waals surface area (Å²) in [5.41, 5.74) is 5.05. The Morgan fingerprint density at radius 2 is 1.65 bits per heavy atom. The van der Waals surface area contributed by atoms with E-state index in [1.54, 1.807) is 13.8 Å². The number of rotatable bonds is 10. The molecule has 10 nitrogen and oxygen atoms in total. The zero-order valence-electron chi connectivity index (χ0n) is 13.2. The number of carbonyl (C=O) groups is 4. The van der Waals surface area contributed by atoms with Gasteiger partial charge in [-0.2, -0.15) is 0 Å². The van der Waals surface area contributed by atoms with Gasteiger partial charge in [0.05, 0.1) is 19.7 Å². The van der Waals surface area contributed by atoms with Gasteiger partial charge in [-0.3, -0.25) is 14.4 Å². The van der Waals surface area contributed by atoms with Gasteiger partial charge in [-0.05, 0) is 12.3 Å². The number of aliphatic hydroxyl groups is 1. The summed E-state index contributed by atoms with van der Waals surface area (Å²) >= 11 is 0. The van der Waals surface area contributed by atoms with Crippen molar-refractivity contribution in [2.45, 2.75) is 32.4 Å². The second kappa shape index (κ2) is 10.5. The van der Waals surface area contributed by atoms with Gasteiger partial charge < -0.3 is 31.9 Å². The predicted molar refractivity (Wildman–Crippen MR) is 80.1 cm³/mol. The van der Waals surface area contributed by atoms with Crippen LogP contribution in [-0.2, 0) is 19.2 Å². The Kier molecular flexibility index (Phi) is 9.51. The third kappa shape index (κ3) is 8.73. The molecule has 0 spiro atoms. The van der Waals surface area contributed by atoms with Crippen LogP contribution in [0.2, 0.25) is 0 Å². The van der Waals surface area contributed by atoms with Gasteiger partial charge in [0, 0.05) is 0 Å². The monoisotopic (exact) mass is 332 g/mol. The molecule has 0 saturated carbocycles. The molecule has 23 heavy (non-hydrogen) atoms. The van der Waals surface area contributed by atoms with Gasteiger partial charge in [0.2, 0.25) is 17.7 Å². The molecule has 0 heterocycles. The molecule has 3 amide bonds. The van der Waals surface area contributed by atoms with E-state index in [4.69, 9.17) is 10.8 Å². The molecule has 0 aliphatic rings. The summed E-state index contributed by atoms with van der Waals surface area (Å²) in [6.45, 7) is 2.19. The van der Waals surface area contributed by atoms with Crippen molar-refractivity contribution in [3.05, 3.63) is 0 Å². The first-order valence-corrected chi connectivity index (χ1v) is 7.11. The fourth-order valence-electron chi connectivity index (χ4n) is 1.66. The second-order valence-electron chi connectivity index (χ2n) is 5.31. The minimum absolute atomic E-state index is 0.0324. The summed E-state index contributed by atoms with van der Waals surface area (Å²) < 4.78 is 0. The van der Waals surface area contributed by atoms with Crippen molar-refractivity contribution < 1.29 is 29.4 Å². The lowest BCUT2D eigenvalue weighted by Crippen LogP contribution is -2.54. The first-order valence-electron chi connectivity index (χ1n) is 7.11. The van der Waals surface area contributed by atoms with Gasteiger partial charge in [0.15, 0.2) is 0 Å². The van der Waals surface area contributed by atoms with Crippen LogP contribution in [0.3, 0.4) is 0 Å². The zero-order valence-corrected chi connectivity index (χ0v) is 13.2. The van der Waals surface area contributed by atoms with Crippen molar-refractivity contribution in [3.63, 3.8) is 0 Å². The summed E-state index contributed by atoms with van der Waals surface area (Å²) in [5, 5.41) is 24.9. The SMILES string of the molecule is CC(C)CC(NC(=O)C(CO)NC(=O)CNC(=O)CN)C(=O)O.